The fourth-order valence-corrected chi connectivity index (χ4v) is 3.47. The highest BCUT2D eigenvalue weighted by molar-refractivity contribution is 4.89. The van der Waals surface area contributed by atoms with E-state index in [-0.39, 0.29) is 0 Å². The van der Waals surface area contributed by atoms with Gasteiger partial charge in [0.1, 0.15) is 0 Å². The molecule has 2 atom stereocenters. The lowest BCUT2D eigenvalue weighted by Gasteiger charge is -2.27. The van der Waals surface area contributed by atoms with Crippen molar-refractivity contribution in [3.05, 3.63) is 0 Å². The Morgan fingerprint density at radius 1 is 1.06 bits per heavy atom. The highest BCUT2D eigenvalue weighted by atomic mass is 14.6. The van der Waals surface area contributed by atoms with E-state index in [1.54, 1.807) is 0 Å². The first kappa shape index (κ1) is 15.0. The zero-order chi connectivity index (χ0) is 12.6. The molecular weight excluding hydrogens is 206 g/mol. The Kier molecular flexibility index (Phi) is 7.18. The Balaban J connectivity index is 2.15. The molecule has 17 heavy (non-hydrogen) atoms. The van der Waals surface area contributed by atoms with Gasteiger partial charge in [-0.05, 0) is 43.6 Å². The molecule has 102 valence electrons. The zero-order valence-corrected chi connectivity index (χ0v) is 12.1. The summed E-state index contributed by atoms with van der Waals surface area (Å²) < 4.78 is 0. The predicted molar refractivity (Wildman–Crippen MR) is 77.1 cm³/mol. The van der Waals surface area contributed by atoms with Crippen molar-refractivity contribution in [2.45, 2.75) is 84.5 Å². The molecule has 0 saturated heterocycles. The Morgan fingerprint density at radius 2 is 1.76 bits per heavy atom. The molecule has 0 aliphatic heterocycles. The normalized spacial score (nSPS) is 28.8. The van der Waals surface area contributed by atoms with Gasteiger partial charge in [0.2, 0.25) is 0 Å². The fraction of sp³-hybridized carbons (Fsp3) is 1.00. The predicted octanol–water partition coefficient (Wildman–Crippen LogP) is 4.89. The van der Waals surface area contributed by atoms with Crippen LogP contribution in [0.15, 0.2) is 0 Å². The summed E-state index contributed by atoms with van der Waals surface area (Å²) in [4.78, 5) is 0. The lowest BCUT2D eigenvalue weighted by molar-refractivity contribution is 0.258. The van der Waals surface area contributed by atoms with E-state index in [0.717, 1.165) is 12.5 Å². The molecule has 0 radical (unpaired) electrons. The van der Waals surface area contributed by atoms with Gasteiger partial charge < -0.3 is 5.73 Å². The first-order valence-corrected chi connectivity index (χ1v) is 7.96. The Labute approximate surface area is 109 Å². The highest BCUT2D eigenvalue weighted by Gasteiger charge is 2.36. The maximum Gasteiger partial charge on any atom is -0.00204 e. The van der Waals surface area contributed by atoms with Gasteiger partial charge in [0, 0.05) is 0 Å². The second-order valence-electron chi connectivity index (χ2n) is 6.24. The largest absolute Gasteiger partial charge is 0.330 e. The van der Waals surface area contributed by atoms with Crippen LogP contribution in [0.3, 0.4) is 0 Å². The van der Waals surface area contributed by atoms with Gasteiger partial charge in [0.05, 0.1) is 0 Å². The average molecular weight is 239 g/mol. The van der Waals surface area contributed by atoms with E-state index < -0.39 is 0 Å². The van der Waals surface area contributed by atoms with Gasteiger partial charge in [-0.1, -0.05) is 58.8 Å². The van der Waals surface area contributed by atoms with Crippen LogP contribution in [0.25, 0.3) is 0 Å². The first-order valence-electron chi connectivity index (χ1n) is 7.96. The van der Waals surface area contributed by atoms with Crippen LogP contribution in [0, 0.1) is 11.3 Å². The molecule has 0 aromatic carbocycles. The second-order valence-corrected chi connectivity index (χ2v) is 6.24. The summed E-state index contributed by atoms with van der Waals surface area (Å²) >= 11 is 0. The van der Waals surface area contributed by atoms with Crippen molar-refractivity contribution in [2.75, 3.05) is 6.54 Å². The first-order chi connectivity index (χ1) is 8.26. The number of rotatable bonds is 9. The molecule has 0 aromatic heterocycles. The Hall–Kier alpha value is -0.0400. The van der Waals surface area contributed by atoms with Crippen LogP contribution in [0.2, 0.25) is 0 Å². The minimum Gasteiger partial charge on any atom is -0.330 e. The van der Waals surface area contributed by atoms with Crippen molar-refractivity contribution < 1.29 is 0 Å². The van der Waals surface area contributed by atoms with Crippen molar-refractivity contribution in [1.82, 2.24) is 0 Å². The van der Waals surface area contributed by atoms with Gasteiger partial charge >= 0.3 is 0 Å². The smallest absolute Gasteiger partial charge is 0.00204 e. The molecule has 1 saturated carbocycles. The van der Waals surface area contributed by atoms with Gasteiger partial charge in [-0.3, -0.25) is 0 Å². The third-order valence-electron chi connectivity index (χ3n) is 4.88. The van der Waals surface area contributed by atoms with Crippen molar-refractivity contribution >= 4 is 0 Å². The molecule has 1 aliphatic carbocycles. The summed E-state index contributed by atoms with van der Waals surface area (Å²) in [5, 5.41) is 0. The summed E-state index contributed by atoms with van der Waals surface area (Å²) in [7, 11) is 0. The summed E-state index contributed by atoms with van der Waals surface area (Å²) in [6, 6.07) is 0. The summed E-state index contributed by atoms with van der Waals surface area (Å²) in [5.74, 6) is 0.971. The van der Waals surface area contributed by atoms with Crippen LogP contribution in [-0.2, 0) is 0 Å². The maximum atomic E-state index is 6.05. The van der Waals surface area contributed by atoms with E-state index in [4.69, 9.17) is 5.73 Å². The number of hydrogen-bond acceptors (Lipinski definition) is 1. The Morgan fingerprint density at radius 3 is 2.35 bits per heavy atom. The van der Waals surface area contributed by atoms with E-state index in [1.165, 1.54) is 70.6 Å². The maximum absolute atomic E-state index is 6.05. The van der Waals surface area contributed by atoms with Gasteiger partial charge in [0.15, 0.2) is 0 Å². The van der Waals surface area contributed by atoms with Gasteiger partial charge in [-0.2, -0.15) is 0 Å². The second kappa shape index (κ2) is 8.13. The lowest BCUT2D eigenvalue weighted by Crippen LogP contribution is -2.27. The van der Waals surface area contributed by atoms with Crippen LogP contribution in [0.1, 0.15) is 84.5 Å². The third-order valence-corrected chi connectivity index (χ3v) is 4.88. The average Bonchev–Trinajstić information content (AvgIpc) is 2.78. The van der Waals surface area contributed by atoms with Crippen LogP contribution in [0.4, 0.5) is 0 Å². The third kappa shape index (κ3) is 4.99. The van der Waals surface area contributed by atoms with Crippen LogP contribution >= 0.6 is 0 Å². The molecule has 0 aromatic rings. The molecule has 2 N–H and O–H groups in total. The number of unbranched alkanes of at least 4 members (excludes halogenated alkanes) is 5. The molecule has 0 bridgehead atoms. The van der Waals surface area contributed by atoms with Crippen LogP contribution in [0.5, 0.6) is 0 Å². The summed E-state index contributed by atoms with van der Waals surface area (Å²) in [5.41, 5.74) is 6.58. The quantitative estimate of drug-likeness (QED) is 0.569. The van der Waals surface area contributed by atoms with E-state index >= 15 is 0 Å². The monoisotopic (exact) mass is 239 g/mol. The molecule has 2 unspecified atom stereocenters. The fourth-order valence-electron chi connectivity index (χ4n) is 3.47. The van der Waals surface area contributed by atoms with Crippen molar-refractivity contribution in [3.8, 4) is 0 Å². The molecule has 1 heteroatoms. The number of hydrogen-bond donors (Lipinski definition) is 1. The van der Waals surface area contributed by atoms with E-state index in [0.29, 0.717) is 5.41 Å². The molecule has 1 aliphatic rings. The van der Waals surface area contributed by atoms with Gasteiger partial charge in [-0.25, -0.2) is 0 Å². The van der Waals surface area contributed by atoms with Crippen molar-refractivity contribution in [2.24, 2.45) is 17.1 Å². The minimum atomic E-state index is 0.533. The van der Waals surface area contributed by atoms with Crippen LogP contribution < -0.4 is 5.73 Å². The summed E-state index contributed by atoms with van der Waals surface area (Å²) in [6.45, 7) is 5.55. The van der Waals surface area contributed by atoms with Gasteiger partial charge in [-0.15, -0.1) is 0 Å². The molecular formula is C16H33N. The molecule has 1 rings (SSSR count). The lowest BCUT2D eigenvalue weighted by atomic mass is 9.80. The molecule has 0 amide bonds. The van der Waals surface area contributed by atoms with Crippen molar-refractivity contribution in [3.63, 3.8) is 0 Å². The summed E-state index contributed by atoms with van der Waals surface area (Å²) in [6.07, 6.45) is 15.5. The SMILES string of the molecule is CCCCCCCCC1(CN)CCC(CC)C1. The molecule has 0 heterocycles. The molecule has 1 nitrogen and oxygen atoms in total. The van der Waals surface area contributed by atoms with Gasteiger partial charge in [0.25, 0.3) is 0 Å². The van der Waals surface area contributed by atoms with Crippen LogP contribution in [-0.4, -0.2) is 6.54 Å². The van der Waals surface area contributed by atoms with E-state index in [9.17, 15) is 0 Å². The topological polar surface area (TPSA) is 26.0 Å². The van der Waals surface area contributed by atoms with E-state index in [1.807, 2.05) is 0 Å². The minimum absolute atomic E-state index is 0.533. The molecule has 0 spiro atoms. The zero-order valence-electron chi connectivity index (χ0n) is 12.1. The molecule has 1 fully saturated rings. The standard InChI is InChI=1S/C16H33N/c1-3-5-6-7-8-9-11-16(14-17)12-10-15(4-2)13-16/h15H,3-14,17H2,1-2H3. The number of nitrogens with two attached hydrogens (primary N) is 1. The van der Waals surface area contributed by atoms with E-state index in [2.05, 4.69) is 13.8 Å². The Bertz CT molecular complexity index is 190. The van der Waals surface area contributed by atoms with Crippen molar-refractivity contribution in [1.29, 1.82) is 0 Å². The highest BCUT2D eigenvalue weighted by Crippen LogP contribution is 2.45.